The lowest BCUT2D eigenvalue weighted by Crippen LogP contribution is -1.92. The van der Waals surface area contributed by atoms with E-state index in [1.807, 2.05) is 6.92 Å². The second-order valence-corrected chi connectivity index (χ2v) is 3.56. The summed E-state index contributed by atoms with van der Waals surface area (Å²) in [5.74, 6) is 1.27. The first kappa shape index (κ1) is 10.6. The van der Waals surface area contributed by atoms with Crippen LogP contribution in [0.1, 0.15) is 20.3 Å². The van der Waals surface area contributed by atoms with E-state index >= 15 is 0 Å². The predicted octanol–water partition coefficient (Wildman–Crippen LogP) is 2.16. The van der Waals surface area contributed by atoms with Crippen molar-refractivity contribution in [3.63, 3.8) is 0 Å². The van der Waals surface area contributed by atoms with Crippen LogP contribution in [-0.4, -0.2) is 22.6 Å². The Kier molecular flexibility index (Phi) is 6.03. The van der Waals surface area contributed by atoms with E-state index in [0.717, 1.165) is 17.1 Å². The average Bonchev–Trinajstić information content (AvgIpc) is 1.97. The van der Waals surface area contributed by atoms with E-state index < -0.39 is 5.97 Å². The standard InChI is InChI=1S/C8H14O2S/c1-3-11-6-7(2)4-5-8(9)10/h4H,3,5-6H2,1-2H3,(H,9,10)/b7-4-. The molecule has 0 aromatic rings. The van der Waals surface area contributed by atoms with Gasteiger partial charge in [-0.3, -0.25) is 4.79 Å². The quantitative estimate of drug-likeness (QED) is 0.649. The first-order valence-electron chi connectivity index (χ1n) is 3.62. The van der Waals surface area contributed by atoms with E-state index in [4.69, 9.17) is 5.11 Å². The second-order valence-electron chi connectivity index (χ2n) is 2.29. The third-order valence-corrected chi connectivity index (χ3v) is 2.23. The van der Waals surface area contributed by atoms with Crippen LogP contribution in [0.4, 0.5) is 0 Å². The molecule has 0 bridgehead atoms. The Labute approximate surface area is 71.7 Å². The van der Waals surface area contributed by atoms with Crippen LogP contribution in [0.3, 0.4) is 0 Å². The van der Waals surface area contributed by atoms with Gasteiger partial charge in [-0.25, -0.2) is 0 Å². The van der Waals surface area contributed by atoms with Gasteiger partial charge in [-0.1, -0.05) is 18.6 Å². The highest BCUT2D eigenvalue weighted by atomic mass is 32.2. The lowest BCUT2D eigenvalue weighted by molar-refractivity contribution is -0.136. The molecule has 0 aliphatic heterocycles. The number of hydrogen-bond donors (Lipinski definition) is 1. The SMILES string of the molecule is CCSC/C(C)=C\CC(=O)O. The van der Waals surface area contributed by atoms with Gasteiger partial charge in [0, 0.05) is 5.75 Å². The summed E-state index contributed by atoms with van der Waals surface area (Å²) in [6, 6.07) is 0. The van der Waals surface area contributed by atoms with E-state index in [-0.39, 0.29) is 6.42 Å². The van der Waals surface area contributed by atoms with Gasteiger partial charge in [-0.05, 0) is 12.7 Å². The third-order valence-electron chi connectivity index (χ3n) is 1.16. The van der Waals surface area contributed by atoms with Crippen LogP contribution in [0, 0.1) is 0 Å². The molecule has 11 heavy (non-hydrogen) atoms. The summed E-state index contributed by atoms with van der Waals surface area (Å²) in [7, 11) is 0. The highest BCUT2D eigenvalue weighted by Crippen LogP contribution is 2.06. The zero-order chi connectivity index (χ0) is 8.69. The Hall–Kier alpha value is -0.440. The molecule has 0 saturated heterocycles. The van der Waals surface area contributed by atoms with Gasteiger partial charge in [0.05, 0.1) is 6.42 Å². The molecule has 0 aliphatic carbocycles. The average molecular weight is 174 g/mol. The van der Waals surface area contributed by atoms with Crippen molar-refractivity contribution in [2.45, 2.75) is 20.3 Å². The van der Waals surface area contributed by atoms with Gasteiger partial charge in [-0.15, -0.1) is 0 Å². The van der Waals surface area contributed by atoms with Crippen molar-refractivity contribution in [3.8, 4) is 0 Å². The molecule has 0 radical (unpaired) electrons. The zero-order valence-electron chi connectivity index (χ0n) is 6.96. The van der Waals surface area contributed by atoms with Gasteiger partial charge in [0.25, 0.3) is 0 Å². The monoisotopic (exact) mass is 174 g/mol. The molecule has 0 aromatic heterocycles. The smallest absolute Gasteiger partial charge is 0.307 e. The Morgan fingerprint density at radius 3 is 2.73 bits per heavy atom. The van der Waals surface area contributed by atoms with Crippen molar-refractivity contribution in [2.75, 3.05) is 11.5 Å². The summed E-state index contributed by atoms with van der Waals surface area (Å²) in [5.41, 5.74) is 1.15. The van der Waals surface area contributed by atoms with Gasteiger partial charge in [0.1, 0.15) is 0 Å². The van der Waals surface area contributed by atoms with E-state index in [0.29, 0.717) is 0 Å². The topological polar surface area (TPSA) is 37.3 Å². The van der Waals surface area contributed by atoms with E-state index in [1.54, 1.807) is 17.8 Å². The molecule has 0 atom stereocenters. The Balaban J connectivity index is 3.54. The van der Waals surface area contributed by atoms with E-state index in [9.17, 15) is 4.79 Å². The van der Waals surface area contributed by atoms with Crippen LogP contribution < -0.4 is 0 Å². The van der Waals surface area contributed by atoms with Gasteiger partial charge >= 0.3 is 5.97 Å². The van der Waals surface area contributed by atoms with Gasteiger partial charge in [-0.2, -0.15) is 11.8 Å². The van der Waals surface area contributed by atoms with Crippen molar-refractivity contribution >= 4 is 17.7 Å². The highest BCUT2D eigenvalue weighted by molar-refractivity contribution is 7.99. The van der Waals surface area contributed by atoms with Crippen molar-refractivity contribution < 1.29 is 9.90 Å². The van der Waals surface area contributed by atoms with Crippen molar-refractivity contribution in [2.24, 2.45) is 0 Å². The lowest BCUT2D eigenvalue weighted by atomic mass is 10.3. The molecule has 0 unspecified atom stereocenters. The number of thioether (sulfide) groups is 1. The molecule has 0 rings (SSSR count). The second kappa shape index (κ2) is 6.28. The molecule has 0 saturated carbocycles. The fourth-order valence-corrected chi connectivity index (χ4v) is 1.23. The summed E-state index contributed by atoms with van der Waals surface area (Å²) < 4.78 is 0. The molecular weight excluding hydrogens is 160 g/mol. The molecular formula is C8H14O2S. The van der Waals surface area contributed by atoms with Crippen molar-refractivity contribution in [1.29, 1.82) is 0 Å². The summed E-state index contributed by atoms with van der Waals surface area (Å²) in [6.45, 7) is 4.06. The van der Waals surface area contributed by atoms with Gasteiger partial charge in [0.2, 0.25) is 0 Å². The van der Waals surface area contributed by atoms with Crippen LogP contribution >= 0.6 is 11.8 Å². The minimum Gasteiger partial charge on any atom is -0.481 e. The summed E-state index contributed by atoms with van der Waals surface area (Å²) in [5, 5.41) is 8.34. The van der Waals surface area contributed by atoms with E-state index in [1.165, 1.54) is 0 Å². The number of carboxylic acid groups (broad SMARTS) is 1. The number of hydrogen-bond acceptors (Lipinski definition) is 2. The molecule has 0 spiro atoms. The van der Waals surface area contributed by atoms with Crippen LogP contribution in [0.15, 0.2) is 11.6 Å². The largest absolute Gasteiger partial charge is 0.481 e. The molecule has 0 amide bonds. The van der Waals surface area contributed by atoms with Crippen LogP contribution in [0.2, 0.25) is 0 Å². The Morgan fingerprint density at radius 2 is 2.27 bits per heavy atom. The minimum atomic E-state index is -0.758. The maximum absolute atomic E-state index is 10.1. The number of rotatable bonds is 5. The number of aliphatic carboxylic acids is 1. The minimum absolute atomic E-state index is 0.149. The fraction of sp³-hybridized carbons (Fsp3) is 0.625. The fourth-order valence-electron chi connectivity index (χ4n) is 0.584. The van der Waals surface area contributed by atoms with Gasteiger partial charge < -0.3 is 5.11 Å². The lowest BCUT2D eigenvalue weighted by Gasteiger charge is -1.97. The molecule has 3 heteroatoms. The zero-order valence-corrected chi connectivity index (χ0v) is 7.78. The molecule has 0 aliphatic rings. The third kappa shape index (κ3) is 7.46. The van der Waals surface area contributed by atoms with Crippen LogP contribution in [-0.2, 0) is 4.79 Å². The van der Waals surface area contributed by atoms with Crippen LogP contribution in [0.25, 0.3) is 0 Å². The van der Waals surface area contributed by atoms with Crippen molar-refractivity contribution in [1.82, 2.24) is 0 Å². The predicted molar refractivity (Wildman–Crippen MR) is 49.0 cm³/mol. The maximum Gasteiger partial charge on any atom is 0.307 e. The Bertz CT molecular complexity index is 152. The summed E-state index contributed by atoms with van der Waals surface area (Å²) in [4.78, 5) is 10.1. The molecule has 0 heterocycles. The number of carbonyl (C=O) groups is 1. The van der Waals surface area contributed by atoms with Gasteiger partial charge in [0.15, 0.2) is 0 Å². The molecule has 64 valence electrons. The van der Waals surface area contributed by atoms with Crippen molar-refractivity contribution in [3.05, 3.63) is 11.6 Å². The molecule has 0 fully saturated rings. The maximum atomic E-state index is 10.1. The normalized spacial score (nSPS) is 11.6. The Morgan fingerprint density at radius 1 is 1.64 bits per heavy atom. The first-order valence-corrected chi connectivity index (χ1v) is 4.77. The van der Waals surface area contributed by atoms with Crippen LogP contribution in [0.5, 0.6) is 0 Å². The summed E-state index contributed by atoms with van der Waals surface area (Å²) >= 11 is 1.81. The molecule has 1 N–H and O–H groups in total. The van der Waals surface area contributed by atoms with E-state index in [2.05, 4.69) is 6.92 Å². The number of carboxylic acids is 1. The summed E-state index contributed by atoms with van der Waals surface area (Å²) in [6.07, 6.45) is 1.92. The molecule has 0 aromatic carbocycles. The first-order chi connectivity index (χ1) is 5.16. The highest BCUT2D eigenvalue weighted by Gasteiger charge is 1.93. The molecule has 2 nitrogen and oxygen atoms in total.